The first kappa shape index (κ1) is 18.9. The molecule has 0 spiro atoms. The summed E-state index contributed by atoms with van der Waals surface area (Å²) < 4.78 is 6.14. The Hall–Kier alpha value is -0.410. The molecule has 0 radical (unpaired) electrons. The van der Waals surface area contributed by atoms with Gasteiger partial charge in [-0.05, 0) is 69.6 Å². The molecule has 1 N–H and O–H groups in total. The third-order valence-corrected chi connectivity index (χ3v) is 6.99. The number of aliphatic hydroxyl groups is 1. The summed E-state index contributed by atoms with van der Waals surface area (Å²) in [4.78, 5) is 12.2. The number of carbonyl (C=O) groups excluding carboxylic acids is 1. The minimum absolute atomic E-state index is 0.155. The van der Waals surface area contributed by atoms with Gasteiger partial charge in [-0.15, -0.1) is 0 Å². The van der Waals surface area contributed by atoms with Crippen molar-refractivity contribution in [1.82, 2.24) is 0 Å². The van der Waals surface area contributed by atoms with E-state index in [1.165, 1.54) is 6.42 Å². The van der Waals surface area contributed by atoms with E-state index in [2.05, 4.69) is 13.8 Å². The predicted molar refractivity (Wildman–Crippen MR) is 93.4 cm³/mol. The smallest absolute Gasteiger partial charge is 0.136 e. The van der Waals surface area contributed by atoms with Crippen LogP contribution in [-0.2, 0) is 9.53 Å². The van der Waals surface area contributed by atoms with E-state index < -0.39 is 5.60 Å². The van der Waals surface area contributed by atoms with Gasteiger partial charge in [0.2, 0.25) is 0 Å². The standard InChI is InChI=1S/C20H36O3/c1-5-20(22,6-2)13-8-14-23-15(3)16-10-11-17-18(21)9-7-12-19(16,17)4/h15-17,22H,5-14H2,1-4H3. The maximum Gasteiger partial charge on any atom is 0.136 e. The van der Waals surface area contributed by atoms with Crippen LogP contribution < -0.4 is 0 Å². The van der Waals surface area contributed by atoms with E-state index >= 15 is 0 Å². The molecule has 0 saturated heterocycles. The number of fused-ring (bicyclic) bond motifs is 1. The maximum atomic E-state index is 12.2. The molecule has 4 unspecified atom stereocenters. The average Bonchev–Trinajstić information content (AvgIpc) is 2.89. The van der Waals surface area contributed by atoms with E-state index in [0.717, 1.165) is 51.4 Å². The topological polar surface area (TPSA) is 46.5 Å². The summed E-state index contributed by atoms with van der Waals surface area (Å²) in [6.45, 7) is 9.32. The summed E-state index contributed by atoms with van der Waals surface area (Å²) in [6.07, 6.45) is 8.75. The molecule has 0 bridgehead atoms. The predicted octanol–water partition coefficient (Wildman–Crippen LogP) is 4.51. The molecular formula is C20H36O3. The number of carbonyl (C=O) groups is 1. The molecule has 0 amide bonds. The van der Waals surface area contributed by atoms with Gasteiger partial charge in [0.05, 0.1) is 11.7 Å². The summed E-state index contributed by atoms with van der Waals surface area (Å²) in [5.41, 5.74) is -0.366. The number of hydrogen-bond donors (Lipinski definition) is 1. The second-order valence-electron chi connectivity index (χ2n) is 8.17. The lowest BCUT2D eigenvalue weighted by molar-refractivity contribution is -0.131. The fraction of sp³-hybridized carbons (Fsp3) is 0.950. The molecule has 0 aliphatic heterocycles. The second kappa shape index (κ2) is 7.65. The fourth-order valence-electron chi connectivity index (χ4n) is 5.13. The monoisotopic (exact) mass is 324 g/mol. The van der Waals surface area contributed by atoms with Crippen molar-refractivity contribution in [2.45, 2.75) is 97.2 Å². The van der Waals surface area contributed by atoms with Gasteiger partial charge in [0.15, 0.2) is 0 Å². The van der Waals surface area contributed by atoms with E-state index in [1.807, 2.05) is 13.8 Å². The van der Waals surface area contributed by atoms with Crippen LogP contribution >= 0.6 is 0 Å². The molecule has 2 aliphatic rings. The Bertz CT molecular complexity index is 402. The molecule has 3 heteroatoms. The highest BCUT2D eigenvalue weighted by Crippen LogP contribution is 2.55. The van der Waals surface area contributed by atoms with Crippen molar-refractivity contribution in [1.29, 1.82) is 0 Å². The Kier molecular flexibility index (Phi) is 6.29. The van der Waals surface area contributed by atoms with Gasteiger partial charge in [-0.2, -0.15) is 0 Å². The van der Waals surface area contributed by atoms with Gasteiger partial charge < -0.3 is 9.84 Å². The van der Waals surface area contributed by atoms with E-state index in [0.29, 0.717) is 18.3 Å². The van der Waals surface area contributed by atoms with E-state index in [-0.39, 0.29) is 17.4 Å². The number of rotatable bonds is 8. The highest BCUT2D eigenvalue weighted by Gasteiger charge is 2.52. The average molecular weight is 325 g/mol. The largest absolute Gasteiger partial charge is 0.390 e. The van der Waals surface area contributed by atoms with Crippen LogP contribution in [0.2, 0.25) is 0 Å². The molecular weight excluding hydrogens is 288 g/mol. The van der Waals surface area contributed by atoms with Gasteiger partial charge in [0.25, 0.3) is 0 Å². The minimum Gasteiger partial charge on any atom is -0.390 e. The Morgan fingerprint density at radius 1 is 1.35 bits per heavy atom. The quantitative estimate of drug-likeness (QED) is 0.668. The molecule has 0 heterocycles. The van der Waals surface area contributed by atoms with Crippen LogP contribution in [0.5, 0.6) is 0 Å². The van der Waals surface area contributed by atoms with Gasteiger partial charge in [-0.3, -0.25) is 4.79 Å². The van der Waals surface area contributed by atoms with Crippen LogP contribution in [0, 0.1) is 17.3 Å². The van der Waals surface area contributed by atoms with E-state index in [4.69, 9.17) is 4.74 Å². The summed E-state index contributed by atoms with van der Waals surface area (Å²) in [5.74, 6) is 1.27. The normalized spacial score (nSPS) is 32.8. The van der Waals surface area contributed by atoms with Gasteiger partial charge in [0.1, 0.15) is 5.78 Å². The zero-order valence-corrected chi connectivity index (χ0v) is 15.6. The highest BCUT2D eigenvalue weighted by molar-refractivity contribution is 5.83. The molecule has 4 atom stereocenters. The van der Waals surface area contributed by atoms with Crippen molar-refractivity contribution in [2.75, 3.05) is 6.61 Å². The van der Waals surface area contributed by atoms with Gasteiger partial charge >= 0.3 is 0 Å². The first-order valence-electron chi connectivity index (χ1n) is 9.73. The summed E-state index contributed by atoms with van der Waals surface area (Å²) in [5, 5.41) is 10.3. The number of Topliss-reactive ketones (excluding diaryl/α,β-unsaturated/α-hetero) is 1. The lowest BCUT2D eigenvalue weighted by atomic mass is 9.64. The maximum absolute atomic E-state index is 12.2. The Morgan fingerprint density at radius 2 is 2.04 bits per heavy atom. The molecule has 0 aromatic heterocycles. The van der Waals surface area contributed by atoms with E-state index in [1.54, 1.807) is 0 Å². The Labute approximate surface area is 142 Å². The van der Waals surface area contributed by atoms with Crippen LogP contribution in [0.3, 0.4) is 0 Å². The van der Waals surface area contributed by atoms with Crippen LogP contribution in [0.15, 0.2) is 0 Å². The van der Waals surface area contributed by atoms with Gasteiger partial charge in [-0.25, -0.2) is 0 Å². The van der Waals surface area contributed by atoms with Crippen molar-refractivity contribution < 1.29 is 14.6 Å². The zero-order chi connectivity index (χ0) is 17.1. The third-order valence-electron chi connectivity index (χ3n) is 6.99. The van der Waals surface area contributed by atoms with Crippen molar-refractivity contribution in [3.05, 3.63) is 0 Å². The molecule has 0 aromatic rings. The van der Waals surface area contributed by atoms with Crippen molar-refractivity contribution in [3.8, 4) is 0 Å². The molecule has 0 aromatic carbocycles. The van der Waals surface area contributed by atoms with Gasteiger partial charge in [-0.1, -0.05) is 20.8 Å². The van der Waals surface area contributed by atoms with Crippen LogP contribution in [0.25, 0.3) is 0 Å². The van der Waals surface area contributed by atoms with E-state index in [9.17, 15) is 9.90 Å². The molecule has 134 valence electrons. The highest BCUT2D eigenvalue weighted by atomic mass is 16.5. The number of hydrogen-bond acceptors (Lipinski definition) is 3. The van der Waals surface area contributed by atoms with Gasteiger partial charge in [0, 0.05) is 18.9 Å². The molecule has 3 nitrogen and oxygen atoms in total. The lowest BCUT2D eigenvalue weighted by Crippen LogP contribution is -2.41. The first-order chi connectivity index (χ1) is 10.9. The van der Waals surface area contributed by atoms with Crippen LogP contribution in [-0.4, -0.2) is 29.2 Å². The molecule has 2 rings (SSSR count). The molecule has 2 fully saturated rings. The molecule has 23 heavy (non-hydrogen) atoms. The minimum atomic E-state index is -0.521. The van der Waals surface area contributed by atoms with Crippen molar-refractivity contribution >= 4 is 5.78 Å². The third kappa shape index (κ3) is 3.99. The van der Waals surface area contributed by atoms with Crippen molar-refractivity contribution in [2.24, 2.45) is 17.3 Å². The first-order valence-corrected chi connectivity index (χ1v) is 9.73. The van der Waals surface area contributed by atoms with Crippen LogP contribution in [0.4, 0.5) is 0 Å². The Morgan fingerprint density at radius 3 is 2.70 bits per heavy atom. The lowest BCUT2D eigenvalue weighted by Gasteiger charge is -2.42. The summed E-state index contributed by atoms with van der Waals surface area (Å²) in [7, 11) is 0. The van der Waals surface area contributed by atoms with Crippen LogP contribution in [0.1, 0.15) is 85.5 Å². The van der Waals surface area contributed by atoms with Crippen molar-refractivity contribution in [3.63, 3.8) is 0 Å². The molecule has 2 aliphatic carbocycles. The Balaban J connectivity index is 1.82. The molecule has 2 saturated carbocycles. The SMILES string of the molecule is CCC(O)(CC)CCCOC(C)C1CCC2C(=O)CCCC21C. The fourth-order valence-corrected chi connectivity index (χ4v) is 5.13. The number of ether oxygens (including phenoxy) is 1. The summed E-state index contributed by atoms with van der Waals surface area (Å²) in [6, 6.07) is 0. The summed E-state index contributed by atoms with van der Waals surface area (Å²) >= 11 is 0. The zero-order valence-electron chi connectivity index (χ0n) is 15.6. The number of ketones is 1. The second-order valence-corrected chi connectivity index (χ2v) is 8.17.